The standard InChI is InChI=1S/C16H27NO/c1-6-10-17-16(13(4)7-2)14-11-12(3)8-9-15(14)18-5/h8-9,11,13,16-17H,6-7,10H2,1-5H3. The number of methoxy groups -OCH3 is 1. The van der Waals surface area contributed by atoms with Crippen LogP contribution in [0.15, 0.2) is 18.2 Å². The first-order valence-electron chi connectivity index (χ1n) is 7.01. The van der Waals surface area contributed by atoms with Gasteiger partial charge in [0.05, 0.1) is 7.11 Å². The van der Waals surface area contributed by atoms with E-state index in [1.807, 2.05) is 0 Å². The van der Waals surface area contributed by atoms with E-state index >= 15 is 0 Å². The molecule has 1 aromatic rings. The molecule has 2 unspecified atom stereocenters. The van der Waals surface area contributed by atoms with Gasteiger partial charge in [-0.15, -0.1) is 0 Å². The average Bonchev–Trinajstić information content (AvgIpc) is 2.39. The molecule has 0 heterocycles. The highest BCUT2D eigenvalue weighted by molar-refractivity contribution is 5.39. The number of nitrogens with one attached hydrogen (secondary N) is 1. The molecule has 0 aliphatic heterocycles. The van der Waals surface area contributed by atoms with Crippen LogP contribution in [0.3, 0.4) is 0 Å². The molecule has 0 aliphatic rings. The number of hydrogen-bond donors (Lipinski definition) is 1. The van der Waals surface area contributed by atoms with Gasteiger partial charge < -0.3 is 10.1 Å². The molecule has 0 radical (unpaired) electrons. The summed E-state index contributed by atoms with van der Waals surface area (Å²) in [5.41, 5.74) is 2.58. The molecule has 1 rings (SSSR count). The van der Waals surface area contributed by atoms with Gasteiger partial charge in [0.25, 0.3) is 0 Å². The summed E-state index contributed by atoms with van der Waals surface area (Å²) in [4.78, 5) is 0. The first kappa shape index (κ1) is 15.0. The molecular weight excluding hydrogens is 222 g/mol. The van der Waals surface area contributed by atoms with Gasteiger partial charge in [0.1, 0.15) is 5.75 Å². The van der Waals surface area contributed by atoms with Crippen molar-refractivity contribution in [1.29, 1.82) is 0 Å². The molecule has 0 amide bonds. The van der Waals surface area contributed by atoms with Gasteiger partial charge in [0.2, 0.25) is 0 Å². The summed E-state index contributed by atoms with van der Waals surface area (Å²) < 4.78 is 5.52. The second-order valence-corrected chi connectivity index (χ2v) is 5.06. The average molecular weight is 249 g/mol. The van der Waals surface area contributed by atoms with Crippen LogP contribution in [0, 0.1) is 12.8 Å². The molecule has 0 spiro atoms. The van der Waals surface area contributed by atoms with Crippen molar-refractivity contribution in [3.8, 4) is 5.75 Å². The van der Waals surface area contributed by atoms with E-state index < -0.39 is 0 Å². The highest BCUT2D eigenvalue weighted by Crippen LogP contribution is 2.32. The lowest BCUT2D eigenvalue weighted by Gasteiger charge is -2.26. The molecule has 2 atom stereocenters. The second kappa shape index (κ2) is 7.42. The van der Waals surface area contributed by atoms with Crippen molar-refractivity contribution in [2.24, 2.45) is 5.92 Å². The van der Waals surface area contributed by atoms with Gasteiger partial charge in [-0.05, 0) is 31.9 Å². The molecule has 0 aromatic heterocycles. The van der Waals surface area contributed by atoms with Gasteiger partial charge in [0.15, 0.2) is 0 Å². The van der Waals surface area contributed by atoms with Crippen LogP contribution in [0.2, 0.25) is 0 Å². The predicted molar refractivity (Wildman–Crippen MR) is 78.2 cm³/mol. The van der Waals surface area contributed by atoms with Gasteiger partial charge in [-0.1, -0.05) is 44.9 Å². The third-order valence-electron chi connectivity index (χ3n) is 3.55. The van der Waals surface area contributed by atoms with Crippen LogP contribution in [-0.4, -0.2) is 13.7 Å². The quantitative estimate of drug-likeness (QED) is 0.786. The Balaban J connectivity index is 3.05. The van der Waals surface area contributed by atoms with Crippen LogP contribution in [0.1, 0.15) is 50.8 Å². The summed E-state index contributed by atoms with van der Waals surface area (Å²) in [7, 11) is 1.75. The molecule has 18 heavy (non-hydrogen) atoms. The fourth-order valence-electron chi connectivity index (χ4n) is 2.25. The van der Waals surface area contributed by atoms with Crippen molar-refractivity contribution in [3.05, 3.63) is 29.3 Å². The van der Waals surface area contributed by atoms with Crippen molar-refractivity contribution in [1.82, 2.24) is 5.32 Å². The SMILES string of the molecule is CCCNC(c1cc(C)ccc1OC)C(C)CC. The van der Waals surface area contributed by atoms with Gasteiger partial charge in [-0.25, -0.2) is 0 Å². The topological polar surface area (TPSA) is 21.3 Å². The number of benzene rings is 1. The van der Waals surface area contributed by atoms with Crippen LogP contribution < -0.4 is 10.1 Å². The molecular formula is C16H27NO. The third kappa shape index (κ3) is 3.74. The van der Waals surface area contributed by atoms with E-state index in [2.05, 4.69) is 51.2 Å². The number of hydrogen-bond acceptors (Lipinski definition) is 2. The third-order valence-corrected chi connectivity index (χ3v) is 3.55. The maximum atomic E-state index is 5.52. The molecule has 0 fully saturated rings. The summed E-state index contributed by atoms with van der Waals surface area (Å²) in [6, 6.07) is 6.81. The first-order valence-corrected chi connectivity index (χ1v) is 7.01. The van der Waals surface area contributed by atoms with Gasteiger partial charge in [-0.2, -0.15) is 0 Å². The molecule has 1 N–H and O–H groups in total. The zero-order valence-electron chi connectivity index (χ0n) is 12.4. The number of aryl methyl sites for hydroxylation is 1. The van der Waals surface area contributed by atoms with Crippen molar-refractivity contribution >= 4 is 0 Å². The van der Waals surface area contributed by atoms with Gasteiger partial charge in [-0.3, -0.25) is 0 Å². The lowest BCUT2D eigenvalue weighted by Crippen LogP contribution is -2.28. The Kier molecular flexibility index (Phi) is 6.20. The molecule has 0 bridgehead atoms. The zero-order chi connectivity index (χ0) is 13.5. The molecule has 2 nitrogen and oxygen atoms in total. The van der Waals surface area contributed by atoms with E-state index in [-0.39, 0.29) is 0 Å². The maximum absolute atomic E-state index is 5.52. The normalized spacial score (nSPS) is 14.3. The van der Waals surface area contributed by atoms with E-state index in [0.717, 1.165) is 18.7 Å². The van der Waals surface area contributed by atoms with E-state index in [4.69, 9.17) is 4.74 Å². The monoisotopic (exact) mass is 249 g/mol. The predicted octanol–water partition coefficient (Wildman–Crippen LogP) is 4.09. The summed E-state index contributed by atoms with van der Waals surface area (Å²) in [6.07, 6.45) is 2.32. The van der Waals surface area contributed by atoms with Crippen molar-refractivity contribution in [2.75, 3.05) is 13.7 Å². The summed E-state index contributed by atoms with van der Waals surface area (Å²) in [6.45, 7) is 9.93. The Labute approximate surface area is 112 Å². The van der Waals surface area contributed by atoms with Crippen LogP contribution in [0.5, 0.6) is 5.75 Å². The van der Waals surface area contributed by atoms with E-state index in [1.165, 1.54) is 17.5 Å². The maximum Gasteiger partial charge on any atom is 0.123 e. The highest BCUT2D eigenvalue weighted by atomic mass is 16.5. The van der Waals surface area contributed by atoms with E-state index in [9.17, 15) is 0 Å². The number of ether oxygens (including phenoxy) is 1. The van der Waals surface area contributed by atoms with Crippen LogP contribution >= 0.6 is 0 Å². The molecule has 102 valence electrons. The lowest BCUT2D eigenvalue weighted by atomic mass is 9.91. The van der Waals surface area contributed by atoms with Crippen molar-refractivity contribution < 1.29 is 4.74 Å². The minimum absolute atomic E-state index is 0.379. The Bertz CT molecular complexity index is 362. The summed E-state index contributed by atoms with van der Waals surface area (Å²) in [5, 5.41) is 3.66. The smallest absolute Gasteiger partial charge is 0.123 e. The molecule has 0 saturated carbocycles. The van der Waals surface area contributed by atoms with E-state index in [1.54, 1.807) is 7.11 Å². The molecule has 2 heteroatoms. The van der Waals surface area contributed by atoms with Crippen molar-refractivity contribution in [3.63, 3.8) is 0 Å². The van der Waals surface area contributed by atoms with Crippen LogP contribution in [-0.2, 0) is 0 Å². The van der Waals surface area contributed by atoms with E-state index in [0.29, 0.717) is 12.0 Å². The Morgan fingerprint density at radius 1 is 1.28 bits per heavy atom. The minimum Gasteiger partial charge on any atom is -0.496 e. The second-order valence-electron chi connectivity index (χ2n) is 5.06. The number of rotatable bonds is 7. The first-order chi connectivity index (χ1) is 8.63. The van der Waals surface area contributed by atoms with Gasteiger partial charge in [0, 0.05) is 11.6 Å². The fourth-order valence-corrected chi connectivity index (χ4v) is 2.25. The summed E-state index contributed by atoms with van der Waals surface area (Å²) in [5.74, 6) is 1.60. The summed E-state index contributed by atoms with van der Waals surface area (Å²) >= 11 is 0. The zero-order valence-corrected chi connectivity index (χ0v) is 12.4. The van der Waals surface area contributed by atoms with Crippen LogP contribution in [0.4, 0.5) is 0 Å². The fraction of sp³-hybridized carbons (Fsp3) is 0.625. The Morgan fingerprint density at radius 3 is 2.56 bits per heavy atom. The minimum atomic E-state index is 0.379. The lowest BCUT2D eigenvalue weighted by molar-refractivity contribution is 0.351. The molecule has 1 aromatic carbocycles. The van der Waals surface area contributed by atoms with Gasteiger partial charge >= 0.3 is 0 Å². The molecule has 0 saturated heterocycles. The Morgan fingerprint density at radius 2 is 2.00 bits per heavy atom. The van der Waals surface area contributed by atoms with Crippen LogP contribution in [0.25, 0.3) is 0 Å². The Hall–Kier alpha value is -1.02. The molecule has 0 aliphatic carbocycles. The largest absolute Gasteiger partial charge is 0.496 e. The highest BCUT2D eigenvalue weighted by Gasteiger charge is 2.20. The van der Waals surface area contributed by atoms with Crippen molar-refractivity contribution in [2.45, 2.75) is 46.6 Å².